The number of hydrogen-bond acceptors (Lipinski definition) is 9. The summed E-state index contributed by atoms with van der Waals surface area (Å²) in [5, 5.41) is 38.7. The lowest BCUT2D eigenvalue weighted by atomic mass is 9.96. The molecular weight excluding hydrogens is 506 g/mol. The van der Waals surface area contributed by atoms with Crippen molar-refractivity contribution in [1.29, 1.82) is 0 Å². The van der Waals surface area contributed by atoms with Gasteiger partial charge in [-0.05, 0) is 23.6 Å². The molecule has 0 spiro atoms. The van der Waals surface area contributed by atoms with E-state index in [1.54, 1.807) is 12.5 Å². The Morgan fingerprint density at radius 1 is 1.03 bits per heavy atom. The zero-order valence-electron chi connectivity index (χ0n) is 19.6. The molecule has 6 N–H and O–H groups in total. The fourth-order valence-electron chi connectivity index (χ4n) is 3.08. The molecule has 14 heteroatoms. The molecule has 37 heavy (non-hydrogen) atoms. The van der Waals surface area contributed by atoms with Gasteiger partial charge >= 0.3 is 17.9 Å². The van der Waals surface area contributed by atoms with Gasteiger partial charge in [-0.2, -0.15) is 0 Å². The molecule has 13 nitrogen and oxygen atoms in total. The average Bonchev–Trinajstić information content (AvgIpc) is 3.53. The van der Waals surface area contributed by atoms with Crippen molar-refractivity contribution in [3.8, 4) is 0 Å². The number of hydrogen-bond donors (Lipinski definition) is 6. The Bertz CT molecular complexity index is 1120. The van der Waals surface area contributed by atoms with Crippen LogP contribution in [-0.4, -0.2) is 82.8 Å². The number of aliphatic carboxylic acids is 3. The van der Waals surface area contributed by atoms with Crippen LogP contribution in [0.15, 0.2) is 54.4 Å². The van der Waals surface area contributed by atoms with Crippen LogP contribution in [0.25, 0.3) is 0 Å². The molecule has 0 fully saturated rings. The van der Waals surface area contributed by atoms with E-state index in [-0.39, 0.29) is 5.91 Å². The third kappa shape index (κ3) is 10.6. The molecule has 3 rings (SSSR count). The fourth-order valence-corrected chi connectivity index (χ4v) is 3.72. The monoisotopic (exact) mass is 533 g/mol. The lowest BCUT2D eigenvalue weighted by Crippen LogP contribution is -2.42. The van der Waals surface area contributed by atoms with E-state index in [9.17, 15) is 19.2 Å². The minimum atomic E-state index is -2.74. The summed E-state index contributed by atoms with van der Waals surface area (Å²) in [5.74, 6) is -5.04. The third-order valence-corrected chi connectivity index (χ3v) is 5.67. The van der Waals surface area contributed by atoms with Gasteiger partial charge in [0.05, 0.1) is 29.7 Å². The number of imidazole rings is 1. The summed E-state index contributed by atoms with van der Waals surface area (Å²) in [5.41, 5.74) is -0.699. The number of nitrogens with one attached hydrogen (secondary N) is 2. The fraction of sp³-hybridized carbons (Fsp3) is 0.304. The van der Waals surface area contributed by atoms with Crippen molar-refractivity contribution >= 4 is 35.2 Å². The van der Waals surface area contributed by atoms with Crippen LogP contribution in [0.1, 0.15) is 33.9 Å². The van der Waals surface area contributed by atoms with Crippen LogP contribution >= 0.6 is 11.3 Å². The van der Waals surface area contributed by atoms with Crippen molar-refractivity contribution in [3.05, 3.63) is 70.7 Å². The average molecular weight is 534 g/mol. The minimum absolute atomic E-state index is 0.0238. The molecule has 3 heterocycles. The summed E-state index contributed by atoms with van der Waals surface area (Å²) in [6.07, 6.45) is 2.99. The molecule has 3 aromatic rings. The molecule has 0 aliphatic heterocycles. The quantitative estimate of drug-likeness (QED) is 0.183. The standard InChI is InChI=1S/C17H19N5OS.C6H8O7/c23-17(16-5-3-9-24-16)20-7-8-22(12-15-10-18-13-21-15)11-14-4-1-2-6-19-14;7-3(8)1-6(13,5(11)12)2-4(9)10/h1-6,9-10,13H,7-8,11-12H2,(H,18,21)(H,20,23);13H,1-2H2,(H,7,8)(H,9,10)(H,11,12). The van der Waals surface area contributed by atoms with Crippen LogP contribution in [0.3, 0.4) is 0 Å². The number of nitrogens with zero attached hydrogens (tertiary/aromatic N) is 3. The summed E-state index contributed by atoms with van der Waals surface area (Å²) in [6.45, 7) is 2.75. The highest BCUT2D eigenvalue weighted by molar-refractivity contribution is 7.12. The molecule has 0 unspecified atom stereocenters. The number of H-pyrrole nitrogens is 1. The second-order valence-corrected chi connectivity index (χ2v) is 8.77. The van der Waals surface area contributed by atoms with E-state index in [0.717, 1.165) is 29.4 Å². The lowest BCUT2D eigenvalue weighted by Gasteiger charge is -2.21. The van der Waals surface area contributed by atoms with Crippen LogP contribution in [0.2, 0.25) is 0 Å². The molecule has 0 saturated carbocycles. The Labute approximate surface area is 215 Å². The largest absolute Gasteiger partial charge is 0.481 e. The number of thiophene rings is 1. The smallest absolute Gasteiger partial charge is 0.336 e. The van der Waals surface area contributed by atoms with E-state index in [4.69, 9.17) is 20.4 Å². The van der Waals surface area contributed by atoms with Gasteiger partial charge in [0.2, 0.25) is 0 Å². The molecule has 3 aromatic heterocycles. The first-order chi connectivity index (χ1) is 17.6. The van der Waals surface area contributed by atoms with Gasteiger partial charge in [0.1, 0.15) is 0 Å². The van der Waals surface area contributed by atoms with E-state index in [1.165, 1.54) is 11.3 Å². The van der Waals surface area contributed by atoms with Crippen molar-refractivity contribution in [2.45, 2.75) is 31.5 Å². The van der Waals surface area contributed by atoms with Crippen LogP contribution in [0, 0.1) is 0 Å². The van der Waals surface area contributed by atoms with Gasteiger partial charge in [-0.1, -0.05) is 12.1 Å². The number of carbonyl (C=O) groups excluding carboxylic acids is 1. The zero-order valence-corrected chi connectivity index (χ0v) is 20.4. The van der Waals surface area contributed by atoms with Gasteiger partial charge in [-0.25, -0.2) is 9.78 Å². The van der Waals surface area contributed by atoms with Crippen LogP contribution in [0.5, 0.6) is 0 Å². The SMILES string of the molecule is O=C(NCCN(Cc1ccccn1)Cc1cnc[nH]1)c1cccs1.O=C(O)CC(O)(CC(=O)O)C(=O)O. The number of carboxylic acids is 3. The number of rotatable bonds is 13. The topological polar surface area (TPSA) is 206 Å². The molecule has 198 valence electrons. The van der Waals surface area contributed by atoms with Crippen LogP contribution < -0.4 is 5.32 Å². The highest BCUT2D eigenvalue weighted by atomic mass is 32.1. The summed E-state index contributed by atoms with van der Waals surface area (Å²) in [7, 11) is 0. The van der Waals surface area contributed by atoms with Gasteiger partial charge in [0, 0.05) is 44.3 Å². The van der Waals surface area contributed by atoms with E-state index >= 15 is 0 Å². The van der Waals surface area contributed by atoms with Crippen molar-refractivity contribution in [2.24, 2.45) is 0 Å². The second-order valence-electron chi connectivity index (χ2n) is 7.82. The van der Waals surface area contributed by atoms with Crippen molar-refractivity contribution in [2.75, 3.05) is 13.1 Å². The summed E-state index contributed by atoms with van der Waals surface area (Å²) in [4.78, 5) is 57.0. The van der Waals surface area contributed by atoms with Crippen molar-refractivity contribution < 1.29 is 39.6 Å². The molecule has 0 bridgehead atoms. The first kappa shape index (κ1) is 29.1. The molecule has 0 saturated heterocycles. The van der Waals surface area contributed by atoms with Gasteiger partial charge < -0.3 is 30.7 Å². The van der Waals surface area contributed by atoms with Crippen molar-refractivity contribution in [3.63, 3.8) is 0 Å². The Hall–Kier alpha value is -4.14. The first-order valence-electron chi connectivity index (χ1n) is 10.9. The Kier molecular flexibility index (Phi) is 11.3. The number of aromatic amines is 1. The number of amides is 1. The Morgan fingerprint density at radius 2 is 1.76 bits per heavy atom. The summed E-state index contributed by atoms with van der Waals surface area (Å²) in [6, 6.07) is 9.60. The molecule has 0 radical (unpaired) electrons. The van der Waals surface area contributed by atoms with Crippen LogP contribution in [0.4, 0.5) is 0 Å². The molecular formula is C23H27N5O8S. The Morgan fingerprint density at radius 3 is 2.27 bits per heavy atom. The van der Waals surface area contributed by atoms with Gasteiger partial charge in [-0.15, -0.1) is 11.3 Å². The molecule has 0 aliphatic rings. The lowest BCUT2D eigenvalue weighted by molar-refractivity contribution is -0.170. The number of carboxylic acid groups (broad SMARTS) is 3. The number of aliphatic hydroxyl groups is 1. The zero-order chi connectivity index (χ0) is 27.3. The Balaban J connectivity index is 0.000000317. The molecule has 0 atom stereocenters. The van der Waals surface area contributed by atoms with E-state index in [2.05, 4.69) is 25.2 Å². The van der Waals surface area contributed by atoms with E-state index in [1.807, 2.05) is 41.9 Å². The number of pyridine rings is 1. The minimum Gasteiger partial charge on any atom is -0.481 e. The highest BCUT2D eigenvalue weighted by Crippen LogP contribution is 2.15. The van der Waals surface area contributed by atoms with Gasteiger partial charge in [-0.3, -0.25) is 24.3 Å². The summed E-state index contributed by atoms with van der Waals surface area (Å²) < 4.78 is 0. The number of aromatic nitrogens is 3. The maximum Gasteiger partial charge on any atom is 0.336 e. The molecule has 0 aliphatic carbocycles. The summed E-state index contributed by atoms with van der Waals surface area (Å²) >= 11 is 1.45. The molecule has 1 amide bonds. The van der Waals surface area contributed by atoms with Crippen LogP contribution in [-0.2, 0) is 27.5 Å². The predicted octanol–water partition coefficient (Wildman–Crippen LogP) is 1.05. The normalized spacial score (nSPS) is 10.9. The number of carbonyl (C=O) groups is 4. The first-order valence-corrected chi connectivity index (χ1v) is 11.8. The third-order valence-electron chi connectivity index (χ3n) is 4.80. The van der Waals surface area contributed by atoms with Crippen molar-refractivity contribution in [1.82, 2.24) is 25.2 Å². The maximum atomic E-state index is 12.0. The van der Waals surface area contributed by atoms with E-state index < -0.39 is 36.4 Å². The highest BCUT2D eigenvalue weighted by Gasteiger charge is 2.40. The predicted molar refractivity (Wildman–Crippen MR) is 131 cm³/mol. The maximum absolute atomic E-state index is 12.0. The van der Waals surface area contributed by atoms with Gasteiger partial charge in [0.15, 0.2) is 5.60 Å². The second kappa shape index (κ2) is 14.4. The van der Waals surface area contributed by atoms with Gasteiger partial charge in [0.25, 0.3) is 5.91 Å². The molecule has 0 aromatic carbocycles. The van der Waals surface area contributed by atoms with E-state index in [0.29, 0.717) is 13.1 Å².